The molecular formula is C14H16N4O. The number of hydrogen-bond acceptors (Lipinski definition) is 4. The molecule has 0 atom stereocenters. The van der Waals surface area contributed by atoms with Gasteiger partial charge >= 0.3 is 0 Å². The van der Waals surface area contributed by atoms with Crippen molar-refractivity contribution in [3.05, 3.63) is 48.9 Å². The molecule has 19 heavy (non-hydrogen) atoms. The van der Waals surface area contributed by atoms with Gasteiger partial charge in [0.15, 0.2) is 6.39 Å². The molecule has 0 saturated heterocycles. The van der Waals surface area contributed by atoms with Crippen LogP contribution >= 0.6 is 0 Å². The zero-order valence-corrected chi connectivity index (χ0v) is 10.6. The van der Waals surface area contributed by atoms with Gasteiger partial charge in [0.25, 0.3) is 0 Å². The number of oxazole rings is 1. The molecule has 3 rings (SSSR count). The summed E-state index contributed by atoms with van der Waals surface area (Å²) in [7, 11) is 0. The predicted molar refractivity (Wildman–Crippen MR) is 72.6 cm³/mol. The molecule has 0 bridgehead atoms. The molecule has 1 aromatic carbocycles. The summed E-state index contributed by atoms with van der Waals surface area (Å²) in [5.41, 5.74) is 2.25. The number of fused-ring (bicyclic) bond motifs is 1. The van der Waals surface area contributed by atoms with Crippen molar-refractivity contribution in [2.24, 2.45) is 0 Å². The number of aromatic nitrogens is 3. The van der Waals surface area contributed by atoms with Crippen LogP contribution in [-0.2, 0) is 13.1 Å². The second kappa shape index (κ2) is 5.67. The lowest BCUT2D eigenvalue weighted by molar-refractivity contribution is 0.473. The normalized spacial score (nSPS) is 11.2. The van der Waals surface area contributed by atoms with E-state index >= 15 is 0 Å². The lowest BCUT2D eigenvalue weighted by Gasteiger charge is -2.05. The summed E-state index contributed by atoms with van der Waals surface area (Å²) >= 11 is 0. The fourth-order valence-corrected chi connectivity index (χ4v) is 2.10. The second-order valence-corrected chi connectivity index (χ2v) is 4.42. The summed E-state index contributed by atoms with van der Waals surface area (Å²) in [4.78, 5) is 8.25. The van der Waals surface area contributed by atoms with Crippen molar-refractivity contribution in [1.82, 2.24) is 19.9 Å². The fourth-order valence-electron chi connectivity index (χ4n) is 2.10. The van der Waals surface area contributed by atoms with E-state index in [-0.39, 0.29) is 0 Å². The maximum absolute atomic E-state index is 5.15. The van der Waals surface area contributed by atoms with Crippen LogP contribution in [0.3, 0.4) is 0 Å². The van der Waals surface area contributed by atoms with Crippen LogP contribution in [0.4, 0.5) is 0 Å². The van der Waals surface area contributed by atoms with Gasteiger partial charge in [-0.3, -0.25) is 0 Å². The van der Waals surface area contributed by atoms with Crippen molar-refractivity contribution in [3.63, 3.8) is 0 Å². The highest BCUT2D eigenvalue weighted by Gasteiger charge is 2.01. The minimum atomic E-state index is 0.727. The van der Waals surface area contributed by atoms with Crippen LogP contribution in [0.1, 0.15) is 12.2 Å². The Morgan fingerprint density at radius 3 is 3.11 bits per heavy atom. The van der Waals surface area contributed by atoms with Gasteiger partial charge in [-0.05, 0) is 25.1 Å². The summed E-state index contributed by atoms with van der Waals surface area (Å²) in [6.45, 7) is 2.63. The molecule has 1 N–H and O–H groups in total. The molecule has 2 heterocycles. The number of hydrogen-bond donors (Lipinski definition) is 1. The molecule has 5 nitrogen and oxygen atoms in total. The molecule has 0 spiro atoms. The number of para-hydroxylation sites is 2. The van der Waals surface area contributed by atoms with Gasteiger partial charge in [0.2, 0.25) is 0 Å². The Morgan fingerprint density at radius 2 is 2.21 bits per heavy atom. The van der Waals surface area contributed by atoms with Gasteiger partial charge in [-0.1, -0.05) is 12.1 Å². The third-order valence-corrected chi connectivity index (χ3v) is 3.06. The van der Waals surface area contributed by atoms with Crippen LogP contribution in [0.15, 0.2) is 47.6 Å². The fraction of sp³-hybridized carbons (Fsp3) is 0.286. The quantitative estimate of drug-likeness (QED) is 0.687. The average molecular weight is 256 g/mol. The third kappa shape index (κ3) is 2.82. The van der Waals surface area contributed by atoms with E-state index < -0.39 is 0 Å². The van der Waals surface area contributed by atoms with E-state index in [1.54, 1.807) is 6.20 Å². The summed E-state index contributed by atoms with van der Waals surface area (Å²) in [5.74, 6) is 0.869. The SMILES string of the molecule is c1ccc2c(c1)ncn2CCCNCc1cnco1. The van der Waals surface area contributed by atoms with Crippen molar-refractivity contribution in [2.45, 2.75) is 19.5 Å². The number of benzene rings is 1. The van der Waals surface area contributed by atoms with Crippen molar-refractivity contribution in [2.75, 3.05) is 6.54 Å². The Kier molecular flexibility index (Phi) is 3.56. The minimum Gasteiger partial charge on any atom is -0.447 e. The Balaban J connectivity index is 1.47. The van der Waals surface area contributed by atoms with Gasteiger partial charge in [-0.25, -0.2) is 9.97 Å². The largest absolute Gasteiger partial charge is 0.447 e. The number of aryl methyl sites for hydroxylation is 1. The van der Waals surface area contributed by atoms with E-state index in [1.807, 2.05) is 24.5 Å². The van der Waals surface area contributed by atoms with Crippen LogP contribution in [0.25, 0.3) is 11.0 Å². The maximum atomic E-state index is 5.15. The molecule has 0 unspecified atom stereocenters. The van der Waals surface area contributed by atoms with Crippen LogP contribution in [-0.4, -0.2) is 21.1 Å². The molecule has 5 heteroatoms. The Bertz CT molecular complexity index is 630. The molecule has 0 aliphatic carbocycles. The van der Waals surface area contributed by atoms with Gasteiger partial charge in [0, 0.05) is 6.54 Å². The Labute approximate surface area is 111 Å². The van der Waals surface area contributed by atoms with Gasteiger partial charge in [-0.2, -0.15) is 0 Å². The van der Waals surface area contributed by atoms with E-state index in [1.165, 1.54) is 11.9 Å². The number of imidazole rings is 1. The van der Waals surface area contributed by atoms with E-state index in [4.69, 9.17) is 4.42 Å². The number of nitrogens with one attached hydrogen (secondary N) is 1. The van der Waals surface area contributed by atoms with Gasteiger partial charge in [-0.15, -0.1) is 0 Å². The molecule has 2 aromatic heterocycles. The summed E-state index contributed by atoms with van der Waals surface area (Å²) < 4.78 is 7.34. The van der Waals surface area contributed by atoms with E-state index in [9.17, 15) is 0 Å². The van der Waals surface area contributed by atoms with Crippen LogP contribution in [0.5, 0.6) is 0 Å². The summed E-state index contributed by atoms with van der Waals surface area (Å²) in [5, 5.41) is 3.33. The van der Waals surface area contributed by atoms with E-state index in [2.05, 4.69) is 25.9 Å². The zero-order valence-electron chi connectivity index (χ0n) is 10.6. The molecule has 98 valence electrons. The second-order valence-electron chi connectivity index (χ2n) is 4.42. The third-order valence-electron chi connectivity index (χ3n) is 3.06. The Morgan fingerprint density at radius 1 is 1.26 bits per heavy atom. The highest BCUT2D eigenvalue weighted by atomic mass is 16.3. The lowest BCUT2D eigenvalue weighted by atomic mass is 10.3. The maximum Gasteiger partial charge on any atom is 0.180 e. The highest BCUT2D eigenvalue weighted by molar-refractivity contribution is 5.74. The van der Waals surface area contributed by atoms with Gasteiger partial charge < -0.3 is 14.3 Å². The standard InChI is InChI=1S/C14H16N4O/c1-2-5-14-13(4-1)17-10-18(14)7-3-6-15-8-12-9-16-11-19-12/h1-2,4-5,9-11,15H,3,6-8H2. The van der Waals surface area contributed by atoms with Gasteiger partial charge in [0.05, 0.1) is 30.1 Å². The molecule has 0 saturated carbocycles. The predicted octanol–water partition coefficient (Wildman–Crippen LogP) is 2.20. The highest BCUT2D eigenvalue weighted by Crippen LogP contribution is 2.11. The Hall–Kier alpha value is -2.14. The summed E-state index contributed by atoms with van der Waals surface area (Å²) in [6, 6.07) is 8.19. The topological polar surface area (TPSA) is 55.9 Å². The average Bonchev–Trinajstić information content (AvgIpc) is 3.08. The first kappa shape index (κ1) is 11.9. The molecule has 3 aromatic rings. The summed E-state index contributed by atoms with van der Waals surface area (Å²) in [6.07, 6.45) is 6.14. The molecule has 0 aliphatic rings. The first-order valence-electron chi connectivity index (χ1n) is 6.41. The first-order chi connectivity index (χ1) is 9.43. The van der Waals surface area contributed by atoms with E-state index in [0.717, 1.165) is 37.3 Å². The van der Waals surface area contributed by atoms with Crippen molar-refractivity contribution >= 4 is 11.0 Å². The number of nitrogens with zero attached hydrogens (tertiary/aromatic N) is 3. The molecule has 0 fully saturated rings. The molecular weight excluding hydrogens is 240 g/mol. The molecule has 0 aliphatic heterocycles. The molecule has 0 radical (unpaired) electrons. The number of rotatable bonds is 6. The van der Waals surface area contributed by atoms with Crippen LogP contribution in [0.2, 0.25) is 0 Å². The van der Waals surface area contributed by atoms with Crippen LogP contribution < -0.4 is 5.32 Å². The monoisotopic (exact) mass is 256 g/mol. The molecule has 0 amide bonds. The van der Waals surface area contributed by atoms with E-state index in [0.29, 0.717) is 0 Å². The van der Waals surface area contributed by atoms with Crippen molar-refractivity contribution in [1.29, 1.82) is 0 Å². The first-order valence-corrected chi connectivity index (χ1v) is 6.41. The minimum absolute atomic E-state index is 0.727. The zero-order chi connectivity index (χ0) is 12.9. The van der Waals surface area contributed by atoms with Crippen molar-refractivity contribution in [3.8, 4) is 0 Å². The lowest BCUT2D eigenvalue weighted by Crippen LogP contribution is -2.16. The van der Waals surface area contributed by atoms with Crippen LogP contribution in [0, 0.1) is 0 Å². The van der Waals surface area contributed by atoms with Gasteiger partial charge in [0.1, 0.15) is 5.76 Å². The van der Waals surface area contributed by atoms with Crippen molar-refractivity contribution < 1.29 is 4.42 Å². The smallest absolute Gasteiger partial charge is 0.180 e.